The van der Waals surface area contributed by atoms with E-state index in [4.69, 9.17) is 16.3 Å². The van der Waals surface area contributed by atoms with Gasteiger partial charge in [0.1, 0.15) is 0 Å². The topological polar surface area (TPSA) is 38.3 Å². The standard InChI is InChI=1S/C16H16ClNO2/c1-11-9-13(16(19)20-2)5-8-15(11)18-10-12-3-6-14(17)7-4-12/h3-9,18H,10H2,1-2H3. The van der Waals surface area contributed by atoms with Gasteiger partial charge in [0.2, 0.25) is 0 Å². The molecule has 0 unspecified atom stereocenters. The van der Waals surface area contributed by atoms with E-state index >= 15 is 0 Å². The summed E-state index contributed by atoms with van der Waals surface area (Å²) in [4.78, 5) is 11.4. The van der Waals surface area contributed by atoms with Crippen LogP contribution in [0, 0.1) is 6.92 Å². The lowest BCUT2D eigenvalue weighted by Crippen LogP contribution is -2.04. The van der Waals surface area contributed by atoms with Crippen molar-refractivity contribution in [3.05, 3.63) is 64.2 Å². The summed E-state index contributed by atoms with van der Waals surface area (Å²) in [7, 11) is 1.38. The predicted molar refractivity (Wildman–Crippen MR) is 81.3 cm³/mol. The summed E-state index contributed by atoms with van der Waals surface area (Å²) in [5.74, 6) is -0.322. The summed E-state index contributed by atoms with van der Waals surface area (Å²) in [6.07, 6.45) is 0. The normalized spacial score (nSPS) is 10.2. The van der Waals surface area contributed by atoms with Crippen LogP contribution < -0.4 is 5.32 Å². The molecule has 0 aliphatic heterocycles. The van der Waals surface area contributed by atoms with E-state index in [1.54, 1.807) is 6.07 Å². The van der Waals surface area contributed by atoms with Crippen LogP contribution in [-0.4, -0.2) is 13.1 Å². The number of aryl methyl sites for hydroxylation is 1. The molecule has 0 heterocycles. The molecular formula is C16H16ClNO2. The molecule has 2 rings (SSSR count). The average Bonchev–Trinajstić information content (AvgIpc) is 2.46. The highest BCUT2D eigenvalue weighted by Gasteiger charge is 2.07. The summed E-state index contributed by atoms with van der Waals surface area (Å²) in [6.45, 7) is 2.66. The number of hydrogen-bond donors (Lipinski definition) is 1. The maximum atomic E-state index is 11.4. The summed E-state index contributed by atoms with van der Waals surface area (Å²) >= 11 is 5.85. The molecule has 4 heteroatoms. The van der Waals surface area contributed by atoms with Crippen molar-refractivity contribution in [2.24, 2.45) is 0 Å². The highest BCUT2D eigenvalue weighted by molar-refractivity contribution is 6.30. The third-order valence-electron chi connectivity index (χ3n) is 3.04. The number of ether oxygens (including phenoxy) is 1. The molecule has 0 aromatic heterocycles. The molecule has 3 nitrogen and oxygen atoms in total. The Hall–Kier alpha value is -2.00. The van der Waals surface area contributed by atoms with Gasteiger partial charge in [0.05, 0.1) is 12.7 Å². The van der Waals surface area contributed by atoms with Crippen molar-refractivity contribution in [1.29, 1.82) is 0 Å². The number of rotatable bonds is 4. The molecule has 20 heavy (non-hydrogen) atoms. The van der Waals surface area contributed by atoms with E-state index in [1.165, 1.54) is 7.11 Å². The Bertz CT molecular complexity index is 608. The maximum absolute atomic E-state index is 11.4. The van der Waals surface area contributed by atoms with E-state index in [1.807, 2.05) is 43.3 Å². The van der Waals surface area contributed by atoms with Crippen LogP contribution in [0.15, 0.2) is 42.5 Å². The van der Waals surface area contributed by atoms with Crippen LogP contribution in [0.25, 0.3) is 0 Å². The number of carbonyl (C=O) groups is 1. The number of hydrogen-bond acceptors (Lipinski definition) is 3. The third kappa shape index (κ3) is 3.52. The number of carbonyl (C=O) groups excluding carboxylic acids is 1. The first kappa shape index (κ1) is 14.4. The van der Waals surface area contributed by atoms with Gasteiger partial charge in [0.15, 0.2) is 0 Å². The molecule has 0 aliphatic carbocycles. The number of esters is 1. The molecule has 0 fully saturated rings. The molecule has 0 amide bonds. The van der Waals surface area contributed by atoms with E-state index in [-0.39, 0.29) is 5.97 Å². The largest absolute Gasteiger partial charge is 0.465 e. The molecule has 104 valence electrons. The zero-order valence-corrected chi connectivity index (χ0v) is 12.2. The van der Waals surface area contributed by atoms with E-state index in [0.717, 1.165) is 21.8 Å². The molecule has 0 saturated carbocycles. The Labute approximate surface area is 123 Å². The molecule has 0 aliphatic rings. The second-order valence-electron chi connectivity index (χ2n) is 4.50. The van der Waals surface area contributed by atoms with E-state index < -0.39 is 0 Å². The number of anilines is 1. The maximum Gasteiger partial charge on any atom is 0.337 e. The Morgan fingerprint density at radius 3 is 2.50 bits per heavy atom. The number of benzene rings is 2. The molecule has 0 bridgehead atoms. The third-order valence-corrected chi connectivity index (χ3v) is 3.30. The molecule has 2 aromatic rings. The van der Waals surface area contributed by atoms with Gasteiger partial charge < -0.3 is 10.1 Å². The van der Waals surface area contributed by atoms with Gasteiger partial charge in [-0.25, -0.2) is 4.79 Å². The lowest BCUT2D eigenvalue weighted by Gasteiger charge is -2.11. The highest BCUT2D eigenvalue weighted by Crippen LogP contribution is 2.18. The fourth-order valence-corrected chi connectivity index (χ4v) is 2.03. The van der Waals surface area contributed by atoms with Crippen molar-refractivity contribution in [3.63, 3.8) is 0 Å². The van der Waals surface area contributed by atoms with Crippen LogP contribution in [0.5, 0.6) is 0 Å². The second kappa shape index (κ2) is 6.44. The average molecular weight is 290 g/mol. The van der Waals surface area contributed by atoms with Gasteiger partial charge in [-0.15, -0.1) is 0 Å². The van der Waals surface area contributed by atoms with Crippen molar-refractivity contribution in [2.45, 2.75) is 13.5 Å². The van der Waals surface area contributed by atoms with Crippen molar-refractivity contribution < 1.29 is 9.53 Å². The fourth-order valence-electron chi connectivity index (χ4n) is 1.91. The Morgan fingerprint density at radius 1 is 1.20 bits per heavy atom. The highest BCUT2D eigenvalue weighted by atomic mass is 35.5. The predicted octanol–water partition coefficient (Wildman–Crippen LogP) is 4.05. The molecular weight excluding hydrogens is 274 g/mol. The molecule has 0 saturated heterocycles. The Kier molecular flexibility index (Phi) is 4.64. The van der Waals surface area contributed by atoms with Crippen LogP contribution >= 0.6 is 11.6 Å². The second-order valence-corrected chi connectivity index (χ2v) is 4.94. The molecule has 1 N–H and O–H groups in total. The molecule has 0 spiro atoms. The minimum absolute atomic E-state index is 0.322. The zero-order chi connectivity index (χ0) is 14.5. The number of nitrogens with one attached hydrogen (secondary N) is 1. The van der Waals surface area contributed by atoms with Crippen molar-refractivity contribution in [2.75, 3.05) is 12.4 Å². The van der Waals surface area contributed by atoms with Crippen LogP contribution in [0.1, 0.15) is 21.5 Å². The summed E-state index contributed by atoms with van der Waals surface area (Å²) in [5, 5.41) is 4.07. The first-order valence-electron chi connectivity index (χ1n) is 6.27. The molecule has 2 aromatic carbocycles. The van der Waals surface area contributed by atoms with Gasteiger partial charge in [-0.05, 0) is 48.4 Å². The van der Waals surface area contributed by atoms with Crippen LogP contribution in [0.4, 0.5) is 5.69 Å². The monoisotopic (exact) mass is 289 g/mol. The van der Waals surface area contributed by atoms with Gasteiger partial charge in [0, 0.05) is 17.3 Å². The van der Waals surface area contributed by atoms with Crippen LogP contribution in [0.2, 0.25) is 5.02 Å². The van der Waals surface area contributed by atoms with Crippen molar-refractivity contribution >= 4 is 23.3 Å². The summed E-state index contributed by atoms with van der Waals surface area (Å²) in [6, 6.07) is 13.1. The first-order valence-corrected chi connectivity index (χ1v) is 6.65. The Morgan fingerprint density at radius 2 is 1.90 bits per heavy atom. The zero-order valence-electron chi connectivity index (χ0n) is 11.4. The van der Waals surface area contributed by atoms with Gasteiger partial charge >= 0.3 is 5.97 Å². The lowest BCUT2D eigenvalue weighted by molar-refractivity contribution is 0.0600. The van der Waals surface area contributed by atoms with E-state index in [0.29, 0.717) is 12.1 Å². The SMILES string of the molecule is COC(=O)c1ccc(NCc2ccc(Cl)cc2)c(C)c1. The molecule has 0 atom stereocenters. The van der Waals surface area contributed by atoms with Gasteiger partial charge in [-0.1, -0.05) is 23.7 Å². The van der Waals surface area contributed by atoms with Crippen molar-refractivity contribution in [3.8, 4) is 0 Å². The first-order chi connectivity index (χ1) is 9.60. The summed E-state index contributed by atoms with van der Waals surface area (Å²) < 4.78 is 4.70. The smallest absolute Gasteiger partial charge is 0.337 e. The van der Waals surface area contributed by atoms with Crippen LogP contribution in [0.3, 0.4) is 0 Å². The van der Waals surface area contributed by atoms with E-state index in [9.17, 15) is 4.79 Å². The van der Waals surface area contributed by atoms with E-state index in [2.05, 4.69) is 5.32 Å². The van der Waals surface area contributed by atoms with Gasteiger partial charge in [-0.2, -0.15) is 0 Å². The fraction of sp³-hybridized carbons (Fsp3) is 0.188. The van der Waals surface area contributed by atoms with Gasteiger partial charge in [-0.3, -0.25) is 0 Å². The van der Waals surface area contributed by atoms with Crippen molar-refractivity contribution in [1.82, 2.24) is 0 Å². The number of methoxy groups -OCH3 is 1. The minimum Gasteiger partial charge on any atom is -0.465 e. The Balaban J connectivity index is 2.06. The van der Waals surface area contributed by atoms with Crippen LogP contribution in [-0.2, 0) is 11.3 Å². The quantitative estimate of drug-likeness (QED) is 0.863. The number of halogens is 1. The summed E-state index contributed by atoms with van der Waals surface area (Å²) in [5.41, 5.74) is 3.70. The van der Waals surface area contributed by atoms with Gasteiger partial charge in [0.25, 0.3) is 0 Å². The minimum atomic E-state index is -0.322. The lowest BCUT2D eigenvalue weighted by atomic mass is 10.1. The molecule has 0 radical (unpaired) electrons.